The Kier molecular flexibility index (Phi) is 5.70. The first-order valence-electron chi connectivity index (χ1n) is 13.0. The fourth-order valence-corrected chi connectivity index (χ4v) is 6.39. The lowest BCUT2D eigenvalue weighted by atomic mass is 9.95. The third-order valence-corrected chi connectivity index (χ3v) is 8.58. The zero-order valence-corrected chi connectivity index (χ0v) is 19.9. The number of hydrogen-bond acceptors (Lipinski definition) is 6. The molecule has 4 heterocycles. The van der Waals surface area contributed by atoms with Crippen LogP contribution in [0.2, 0.25) is 0 Å². The van der Waals surface area contributed by atoms with E-state index in [0.29, 0.717) is 6.42 Å². The van der Waals surface area contributed by atoms with E-state index in [9.17, 15) is 14.4 Å². The van der Waals surface area contributed by atoms with E-state index in [4.69, 9.17) is 0 Å². The van der Waals surface area contributed by atoms with E-state index in [1.807, 2.05) is 6.07 Å². The van der Waals surface area contributed by atoms with Crippen molar-refractivity contribution in [3.63, 3.8) is 0 Å². The van der Waals surface area contributed by atoms with Gasteiger partial charge in [0.05, 0.1) is 5.41 Å². The first-order chi connectivity index (χ1) is 16.5. The molecule has 1 spiro atoms. The average molecular weight is 466 g/mol. The minimum Gasteiger partial charge on any atom is -0.317 e. The lowest BCUT2D eigenvalue weighted by Crippen LogP contribution is -2.54. The summed E-state index contributed by atoms with van der Waals surface area (Å²) in [6.07, 6.45) is 4.97. The molecule has 4 aliphatic heterocycles. The van der Waals surface area contributed by atoms with Crippen molar-refractivity contribution in [2.75, 3.05) is 50.7 Å². The van der Waals surface area contributed by atoms with E-state index in [-0.39, 0.29) is 24.1 Å². The van der Waals surface area contributed by atoms with Gasteiger partial charge in [0.25, 0.3) is 0 Å². The largest absolute Gasteiger partial charge is 0.317 e. The van der Waals surface area contributed by atoms with Crippen LogP contribution in [0.1, 0.15) is 49.7 Å². The van der Waals surface area contributed by atoms with E-state index >= 15 is 0 Å². The molecule has 5 aliphatic rings. The number of amides is 3. The molecule has 0 aromatic heterocycles. The molecule has 8 nitrogen and oxygen atoms in total. The summed E-state index contributed by atoms with van der Waals surface area (Å²) in [6, 6.07) is 5.79. The summed E-state index contributed by atoms with van der Waals surface area (Å²) in [5, 5.41) is 5.87. The number of fused-ring (bicyclic) bond motifs is 2. The highest BCUT2D eigenvalue weighted by atomic mass is 16.2. The number of piperidine rings is 2. The molecule has 0 bridgehead atoms. The monoisotopic (exact) mass is 465 g/mol. The Hall–Kier alpha value is -2.29. The zero-order chi connectivity index (χ0) is 23.3. The maximum absolute atomic E-state index is 13.4. The summed E-state index contributed by atoms with van der Waals surface area (Å²) >= 11 is 0. The van der Waals surface area contributed by atoms with Gasteiger partial charge in [-0.1, -0.05) is 12.1 Å². The second kappa shape index (κ2) is 8.73. The summed E-state index contributed by atoms with van der Waals surface area (Å²) < 4.78 is 0. The Bertz CT molecular complexity index is 992. The van der Waals surface area contributed by atoms with Crippen LogP contribution >= 0.6 is 0 Å². The molecule has 8 heteroatoms. The van der Waals surface area contributed by atoms with Crippen molar-refractivity contribution in [1.29, 1.82) is 0 Å². The number of hydrogen-bond donors (Lipinski definition) is 2. The van der Waals surface area contributed by atoms with Crippen LogP contribution in [-0.2, 0) is 26.3 Å². The van der Waals surface area contributed by atoms with Gasteiger partial charge >= 0.3 is 0 Å². The van der Waals surface area contributed by atoms with Crippen LogP contribution in [0, 0.1) is 5.92 Å². The van der Waals surface area contributed by atoms with Crippen molar-refractivity contribution in [2.45, 2.75) is 56.5 Å². The van der Waals surface area contributed by atoms with Gasteiger partial charge in [0, 0.05) is 51.4 Å². The third kappa shape index (κ3) is 3.95. The van der Waals surface area contributed by atoms with Crippen molar-refractivity contribution >= 4 is 23.4 Å². The Labute approximate surface area is 201 Å². The summed E-state index contributed by atoms with van der Waals surface area (Å²) in [5.41, 5.74) is 2.76. The summed E-state index contributed by atoms with van der Waals surface area (Å²) in [7, 11) is 0. The highest BCUT2D eigenvalue weighted by Gasteiger charge is 2.61. The summed E-state index contributed by atoms with van der Waals surface area (Å²) in [4.78, 5) is 44.4. The van der Waals surface area contributed by atoms with Crippen molar-refractivity contribution in [3.05, 3.63) is 29.3 Å². The van der Waals surface area contributed by atoms with Crippen LogP contribution in [-0.4, -0.2) is 79.4 Å². The van der Waals surface area contributed by atoms with Gasteiger partial charge in [0.2, 0.25) is 17.7 Å². The minimum absolute atomic E-state index is 0.0423. The standard InChI is InChI=1S/C26H35N5O3/c32-23-4-3-22(24(33)28-23)31-21-2-1-19(15-20(21)26(7-8-26)25(31)34)17-30-13-11-29(12-14-30)16-18-5-9-27-10-6-18/h1-2,15,18,22,27H,3-14,16-17H2,(H,28,32,33). The van der Waals surface area contributed by atoms with Gasteiger partial charge in [0.15, 0.2) is 0 Å². The van der Waals surface area contributed by atoms with Crippen LogP contribution in [0.5, 0.6) is 0 Å². The van der Waals surface area contributed by atoms with Gasteiger partial charge in [-0.15, -0.1) is 0 Å². The molecule has 1 atom stereocenters. The molecule has 1 unspecified atom stereocenters. The van der Waals surface area contributed by atoms with Gasteiger partial charge < -0.3 is 10.2 Å². The maximum Gasteiger partial charge on any atom is 0.249 e. The molecule has 1 aromatic rings. The van der Waals surface area contributed by atoms with E-state index in [1.165, 1.54) is 24.9 Å². The SMILES string of the molecule is O=C1CCC(N2C(=O)C3(CC3)c3cc(CN4CCN(CC5CCNCC5)CC4)ccc32)C(=O)N1. The minimum atomic E-state index is -0.581. The average Bonchev–Trinajstić information content (AvgIpc) is 3.61. The predicted octanol–water partition coefficient (Wildman–Crippen LogP) is 0.987. The molecule has 6 rings (SSSR count). The van der Waals surface area contributed by atoms with Gasteiger partial charge in [-0.2, -0.15) is 0 Å². The molecule has 2 N–H and O–H groups in total. The zero-order valence-electron chi connectivity index (χ0n) is 19.9. The quantitative estimate of drug-likeness (QED) is 0.631. The molecule has 1 aliphatic carbocycles. The highest BCUT2D eigenvalue weighted by Crippen LogP contribution is 2.58. The normalized spacial score (nSPS) is 27.8. The number of carbonyl (C=O) groups is 3. The van der Waals surface area contributed by atoms with Crippen LogP contribution in [0.3, 0.4) is 0 Å². The van der Waals surface area contributed by atoms with E-state index < -0.39 is 11.5 Å². The molecule has 1 aromatic carbocycles. The van der Waals surface area contributed by atoms with E-state index in [1.54, 1.807) is 4.90 Å². The van der Waals surface area contributed by atoms with Crippen LogP contribution in [0.4, 0.5) is 5.69 Å². The molecule has 1 saturated carbocycles. The Morgan fingerprint density at radius 3 is 2.38 bits per heavy atom. The second-order valence-corrected chi connectivity index (χ2v) is 10.8. The summed E-state index contributed by atoms with van der Waals surface area (Å²) in [5.74, 6) is 0.282. The first kappa shape index (κ1) is 22.2. The van der Waals surface area contributed by atoms with Gasteiger partial charge in [-0.05, 0) is 68.3 Å². The number of nitrogens with one attached hydrogen (secondary N) is 2. The van der Waals surface area contributed by atoms with Crippen molar-refractivity contribution in [1.82, 2.24) is 20.4 Å². The molecule has 3 saturated heterocycles. The number of nitrogens with zero attached hydrogens (tertiary/aromatic N) is 3. The molecule has 4 fully saturated rings. The van der Waals surface area contributed by atoms with Gasteiger partial charge in [-0.3, -0.25) is 29.5 Å². The fraction of sp³-hybridized carbons (Fsp3) is 0.654. The fourth-order valence-electron chi connectivity index (χ4n) is 6.39. The van der Waals surface area contributed by atoms with Crippen LogP contribution in [0.15, 0.2) is 18.2 Å². The van der Waals surface area contributed by atoms with Crippen molar-refractivity contribution in [3.8, 4) is 0 Å². The van der Waals surface area contributed by atoms with Crippen molar-refractivity contribution < 1.29 is 14.4 Å². The number of imide groups is 1. The number of anilines is 1. The maximum atomic E-state index is 13.4. The van der Waals surface area contributed by atoms with E-state index in [0.717, 1.165) is 75.8 Å². The molecular formula is C26H35N5O3. The Morgan fingerprint density at radius 2 is 1.68 bits per heavy atom. The van der Waals surface area contributed by atoms with Crippen molar-refractivity contribution in [2.24, 2.45) is 5.92 Å². The lowest BCUT2D eigenvalue weighted by molar-refractivity contribution is -0.135. The molecule has 0 radical (unpaired) electrons. The molecule has 182 valence electrons. The predicted molar refractivity (Wildman–Crippen MR) is 128 cm³/mol. The summed E-state index contributed by atoms with van der Waals surface area (Å²) in [6.45, 7) is 8.86. The van der Waals surface area contributed by atoms with Gasteiger partial charge in [0.1, 0.15) is 6.04 Å². The smallest absolute Gasteiger partial charge is 0.249 e. The van der Waals surface area contributed by atoms with E-state index in [2.05, 4.69) is 32.6 Å². The first-order valence-corrected chi connectivity index (χ1v) is 13.0. The molecular weight excluding hydrogens is 430 g/mol. The second-order valence-electron chi connectivity index (χ2n) is 10.8. The van der Waals surface area contributed by atoms with Gasteiger partial charge in [-0.25, -0.2) is 0 Å². The molecule has 3 amide bonds. The highest BCUT2D eigenvalue weighted by molar-refractivity contribution is 6.15. The number of carbonyl (C=O) groups excluding carboxylic acids is 3. The third-order valence-electron chi connectivity index (χ3n) is 8.58. The number of piperazine rings is 1. The molecule has 34 heavy (non-hydrogen) atoms. The lowest BCUT2D eigenvalue weighted by Gasteiger charge is -2.37. The number of rotatable bonds is 5. The topological polar surface area (TPSA) is 85.0 Å². The van der Waals surface area contributed by atoms with Crippen LogP contribution in [0.25, 0.3) is 0 Å². The Balaban J connectivity index is 1.12. The van der Waals surface area contributed by atoms with Crippen LogP contribution < -0.4 is 15.5 Å². The number of benzene rings is 1. The Morgan fingerprint density at radius 1 is 0.941 bits per heavy atom.